The van der Waals surface area contributed by atoms with Crippen LogP contribution >= 0.6 is 0 Å². The van der Waals surface area contributed by atoms with E-state index >= 15 is 0 Å². The van der Waals surface area contributed by atoms with Gasteiger partial charge in [-0.1, -0.05) is 60.8 Å². The molecule has 0 bridgehead atoms. The van der Waals surface area contributed by atoms with Gasteiger partial charge in [0, 0.05) is 0 Å². The predicted octanol–water partition coefficient (Wildman–Crippen LogP) is 3.83. The normalized spacial score (nSPS) is 26.1. The van der Waals surface area contributed by atoms with Crippen molar-refractivity contribution in [2.75, 3.05) is 0 Å². The van der Waals surface area contributed by atoms with Crippen LogP contribution in [0.15, 0.2) is 0 Å². The van der Waals surface area contributed by atoms with Gasteiger partial charge in [0.05, 0.1) is 23.3 Å². The molecule has 3 aliphatic rings. The number of hydrogen-bond donors (Lipinski definition) is 4. The molecule has 2 amide bonds. The van der Waals surface area contributed by atoms with Gasteiger partial charge in [0.15, 0.2) is 0 Å². The molecule has 0 aliphatic heterocycles. The standard InChI is InChI=1S/C26H46N2O4/c1-22(2,3)18(25(31)14-10-15-25)27-20(29)24(12-8-7-9-13-24)21(30)28-19(23(4,5)6)26(32)16-11-17-26/h18-19,31-32H,7-17H2,1-6H3,(H,27,29)(H,28,30)/t18-,19-/m1/s1. The molecule has 32 heavy (non-hydrogen) atoms. The number of amides is 2. The first kappa shape index (κ1) is 25.5. The Kier molecular flexibility index (Phi) is 6.83. The highest BCUT2D eigenvalue weighted by Crippen LogP contribution is 2.45. The summed E-state index contributed by atoms with van der Waals surface area (Å²) in [5.74, 6) is -0.522. The Labute approximate surface area is 194 Å². The zero-order valence-electron chi connectivity index (χ0n) is 21.1. The molecule has 3 saturated carbocycles. The Hall–Kier alpha value is -1.14. The third-order valence-corrected chi connectivity index (χ3v) is 8.37. The maximum atomic E-state index is 13.8. The molecular formula is C26H46N2O4. The van der Waals surface area contributed by atoms with Crippen LogP contribution in [-0.2, 0) is 9.59 Å². The van der Waals surface area contributed by atoms with Crippen molar-refractivity contribution in [3.8, 4) is 0 Å². The molecule has 0 aromatic heterocycles. The molecule has 0 radical (unpaired) electrons. The molecule has 0 heterocycles. The van der Waals surface area contributed by atoms with E-state index in [4.69, 9.17) is 0 Å². The fourth-order valence-corrected chi connectivity index (χ4v) is 6.22. The largest absolute Gasteiger partial charge is 0.388 e. The molecule has 0 aromatic rings. The monoisotopic (exact) mass is 450 g/mol. The lowest BCUT2D eigenvalue weighted by molar-refractivity contribution is -0.156. The van der Waals surface area contributed by atoms with Crippen LogP contribution in [0.5, 0.6) is 0 Å². The molecule has 4 N–H and O–H groups in total. The second-order valence-electron chi connectivity index (χ2n) is 13.1. The molecule has 3 aliphatic carbocycles. The Bertz CT molecular complexity index is 650. The minimum atomic E-state index is -1.15. The Morgan fingerprint density at radius 1 is 0.625 bits per heavy atom. The van der Waals surface area contributed by atoms with Crippen LogP contribution in [-0.4, -0.2) is 45.3 Å². The van der Waals surface area contributed by atoms with Gasteiger partial charge in [-0.2, -0.15) is 0 Å². The van der Waals surface area contributed by atoms with Gasteiger partial charge in [0.1, 0.15) is 5.41 Å². The summed E-state index contributed by atoms with van der Waals surface area (Å²) in [6.07, 6.45) is 8.30. The van der Waals surface area contributed by atoms with Gasteiger partial charge < -0.3 is 20.8 Å². The highest BCUT2D eigenvalue weighted by Gasteiger charge is 2.55. The van der Waals surface area contributed by atoms with Crippen molar-refractivity contribution in [3.63, 3.8) is 0 Å². The van der Waals surface area contributed by atoms with E-state index in [2.05, 4.69) is 10.6 Å². The molecule has 184 valence electrons. The van der Waals surface area contributed by atoms with E-state index in [0.717, 1.165) is 32.1 Å². The van der Waals surface area contributed by atoms with Crippen molar-refractivity contribution in [2.24, 2.45) is 16.2 Å². The molecule has 6 nitrogen and oxygen atoms in total. The summed E-state index contributed by atoms with van der Waals surface area (Å²) in [7, 11) is 0. The Morgan fingerprint density at radius 2 is 0.969 bits per heavy atom. The Balaban J connectivity index is 1.86. The molecule has 0 saturated heterocycles. The maximum absolute atomic E-state index is 13.8. The SMILES string of the molecule is CC(C)(C)[C@@H](NC(=O)C1(C(=O)N[C@H](C(C)(C)C)C2(O)CCC2)CCCCC1)C1(O)CCC1. The quantitative estimate of drug-likeness (QED) is 0.462. The third kappa shape index (κ3) is 4.72. The second kappa shape index (κ2) is 8.57. The first-order chi connectivity index (χ1) is 14.6. The summed E-state index contributed by atoms with van der Waals surface area (Å²) in [5.41, 5.74) is -3.62. The number of carbonyl (C=O) groups excluding carboxylic acids is 2. The molecule has 3 fully saturated rings. The number of hydrogen-bond acceptors (Lipinski definition) is 4. The van der Waals surface area contributed by atoms with Crippen LogP contribution in [0.3, 0.4) is 0 Å². The summed E-state index contributed by atoms with van der Waals surface area (Å²) in [4.78, 5) is 27.6. The Morgan fingerprint density at radius 3 is 1.22 bits per heavy atom. The minimum absolute atomic E-state index is 0.261. The van der Waals surface area contributed by atoms with Crippen LogP contribution in [0.2, 0.25) is 0 Å². The molecule has 6 heteroatoms. The zero-order valence-corrected chi connectivity index (χ0v) is 21.1. The second-order valence-corrected chi connectivity index (χ2v) is 13.1. The van der Waals surface area contributed by atoms with Crippen LogP contribution in [0.1, 0.15) is 112 Å². The highest BCUT2D eigenvalue weighted by molar-refractivity contribution is 6.05. The first-order valence-corrected chi connectivity index (χ1v) is 12.7. The van der Waals surface area contributed by atoms with Crippen molar-refractivity contribution in [1.82, 2.24) is 10.6 Å². The zero-order chi connectivity index (χ0) is 24.0. The summed E-state index contributed by atoms with van der Waals surface area (Å²) in [6.45, 7) is 12.2. The van der Waals surface area contributed by atoms with Gasteiger partial charge in [-0.25, -0.2) is 0 Å². The molecular weight excluding hydrogens is 404 g/mol. The summed E-state index contributed by atoms with van der Waals surface area (Å²) in [6, 6.07) is -0.811. The molecule has 3 rings (SSSR count). The van der Waals surface area contributed by atoms with E-state index in [0.29, 0.717) is 38.5 Å². The lowest BCUT2D eigenvalue weighted by Crippen LogP contribution is -2.67. The van der Waals surface area contributed by atoms with Crippen molar-refractivity contribution in [1.29, 1.82) is 0 Å². The fraction of sp³-hybridized carbons (Fsp3) is 0.923. The van der Waals surface area contributed by atoms with E-state index in [1.165, 1.54) is 0 Å². The van der Waals surface area contributed by atoms with E-state index < -0.39 is 28.7 Å². The fourth-order valence-electron chi connectivity index (χ4n) is 6.22. The van der Waals surface area contributed by atoms with Crippen molar-refractivity contribution in [3.05, 3.63) is 0 Å². The van der Waals surface area contributed by atoms with Crippen molar-refractivity contribution >= 4 is 11.8 Å². The van der Waals surface area contributed by atoms with Gasteiger partial charge in [-0.05, 0) is 62.2 Å². The van der Waals surface area contributed by atoms with E-state index in [1.54, 1.807) is 0 Å². The number of nitrogens with one attached hydrogen (secondary N) is 2. The van der Waals surface area contributed by atoms with Gasteiger partial charge in [0.25, 0.3) is 0 Å². The summed E-state index contributed by atoms with van der Waals surface area (Å²) < 4.78 is 0. The van der Waals surface area contributed by atoms with Gasteiger partial charge in [-0.3, -0.25) is 9.59 Å². The predicted molar refractivity (Wildman–Crippen MR) is 126 cm³/mol. The summed E-state index contributed by atoms with van der Waals surface area (Å²) >= 11 is 0. The van der Waals surface area contributed by atoms with Crippen LogP contribution < -0.4 is 10.6 Å². The van der Waals surface area contributed by atoms with Gasteiger partial charge >= 0.3 is 0 Å². The van der Waals surface area contributed by atoms with Gasteiger partial charge in [0.2, 0.25) is 11.8 Å². The topological polar surface area (TPSA) is 98.7 Å². The lowest BCUT2D eigenvalue weighted by Gasteiger charge is -2.51. The van der Waals surface area contributed by atoms with Gasteiger partial charge in [-0.15, -0.1) is 0 Å². The van der Waals surface area contributed by atoms with Crippen LogP contribution in [0.4, 0.5) is 0 Å². The number of aliphatic hydroxyl groups is 2. The van der Waals surface area contributed by atoms with E-state index in [9.17, 15) is 19.8 Å². The maximum Gasteiger partial charge on any atom is 0.236 e. The number of carbonyl (C=O) groups is 2. The highest BCUT2D eigenvalue weighted by atomic mass is 16.3. The van der Waals surface area contributed by atoms with Crippen LogP contribution in [0, 0.1) is 16.2 Å². The smallest absolute Gasteiger partial charge is 0.236 e. The third-order valence-electron chi connectivity index (χ3n) is 8.37. The molecule has 0 unspecified atom stereocenters. The minimum Gasteiger partial charge on any atom is -0.388 e. The molecule has 2 atom stereocenters. The average molecular weight is 451 g/mol. The van der Waals surface area contributed by atoms with E-state index in [-0.39, 0.29) is 22.6 Å². The van der Waals surface area contributed by atoms with E-state index in [1.807, 2.05) is 41.5 Å². The number of rotatable bonds is 6. The van der Waals surface area contributed by atoms with Crippen molar-refractivity contribution < 1.29 is 19.8 Å². The first-order valence-electron chi connectivity index (χ1n) is 12.7. The lowest BCUT2D eigenvalue weighted by atomic mass is 9.64. The van der Waals surface area contributed by atoms with Crippen molar-refractivity contribution in [2.45, 2.75) is 135 Å². The molecule has 0 aromatic carbocycles. The summed E-state index contributed by atoms with van der Waals surface area (Å²) in [5, 5.41) is 28.6. The molecule has 0 spiro atoms. The average Bonchev–Trinajstić information content (AvgIpc) is 2.65. The van der Waals surface area contributed by atoms with Crippen LogP contribution in [0.25, 0.3) is 0 Å².